The van der Waals surface area contributed by atoms with Crippen molar-refractivity contribution in [3.8, 4) is 0 Å². The van der Waals surface area contributed by atoms with E-state index in [1.54, 1.807) is 23.2 Å². The van der Waals surface area contributed by atoms with Crippen molar-refractivity contribution in [1.29, 1.82) is 0 Å². The highest BCUT2D eigenvalue weighted by Crippen LogP contribution is 2.61. The normalized spacial score (nSPS) is 35.7. The van der Waals surface area contributed by atoms with Crippen LogP contribution in [0.5, 0.6) is 0 Å². The van der Waals surface area contributed by atoms with Gasteiger partial charge in [-0.15, -0.1) is 0 Å². The average molecular weight is 383 g/mol. The van der Waals surface area contributed by atoms with Gasteiger partial charge >= 0.3 is 0 Å². The number of carbonyl (C=O) groups excluding carboxylic acids is 2. The predicted molar refractivity (Wildman–Crippen MR) is 98.2 cm³/mol. The summed E-state index contributed by atoms with van der Waals surface area (Å²) in [5, 5.41) is 21.7. The standard InChI is InChI=1S/C19H21N5O4/c1-19(2,3)22-17(25)13-9-8-10(14(13)18(22)26)16-15(9)20-21-23(16)11-6-4-5-7-12(11)24(27)28/h4-7,9-10,13-16H,8H2,1-3H3. The summed E-state index contributed by atoms with van der Waals surface area (Å²) in [4.78, 5) is 38.6. The Morgan fingerprint density at radius 2 is 1.75 bits per heavy atom. The van der Waals surface area contributed by atoms with Crippen LogP contribution in [-0.4, -0.2) is 39.3 Å². The zero-order valence-corrected chi connectivity index (χ0v) is 15.8. The van der Waals surface area contributed by atoms with Crippen LogP contribution in [0.25, 0.3) is 0 Å². The van der Waals surface area contributed by atoms with Gasteiger partial charge in [0, 0.05) is 11.6 Å². The second-order valence-electron chi connectivity index (χ2n) is 9.07. The van der Waals surface area contributed by atoms with Crippen molar-refractivity contribution < 1.29 is 14.5 Å². The number of hydrogen-bond acceptors (Lipinski definition) is 7. The van der Waals surface area contributed by atoms with E-state index in [2.05, 4.69) is 10.3 Å². The van der Waals surface area contributed by atoms with Gasteiger partial charge in [-0.25, -0.2) is 5.01 Å². The molecular formula is C19H21N5O4. The van der Waals surface area contributed by atoms with E-state index in [4.69, 9.17) is 0 Å². The van der Waals surface area contributed by atoms with Crippen LogP contribution in [0, 0.1) is 33.8 Å². The third-order valence-electron chi connectivity index (χ3n) is 6.65. The number of fused-ring (bicyclic) bond motifs is 8. The van der Waals surface area contributed by atoms with Crippen LogP contribution in [0.2, 0.25) is 0 Å². The molecule has 5 rings (SSSR count). The van der Waals surface area contributed by atoms with Crippen LogP contribution in [0.1, 0.15) is 27.2 Å². The monoisotopic (exact) mass is 383 g/mol. The highest BCUT2D eigenvalue weighted by atomic mass is 16.6. The predicted octanol–water partition coefficient (Wildman–Crippen LogP) is 2.57. The number of carbonyl (C=O) groups is 2. The number of amides is 2. The first-order valence-electron chi connectivity index (χ1n) is 9.53. The van der Waals surface area contributed by atoms with Gasteiger partial charge in [-0.3, -0.25) is 24.6 Å². The minimum Gasteiger partial charge on any atom is -0.277 e. The Kier molecular flexibility index (Phi) is 3.31. The molecule has 28 heavy (non-hydrogen) atoms. The van der Waals surface area contributed by atoms with Crippen LogP contribution in [0.15, 0.2) is 34.6 Å². The minimum absolute atomic E-state index is 0.0356. The highest BCUT2D eigenvalue weighted by Gasteiger charge is 2.70. The minimum atomic E-state index is -0.563. The lowest BCUT2D eigenvalue weighted by atomic mass is 9.76. The van der Waals surface area contributed by atoms with E-state index < -0.39 is 10.5 Å². The summed E-state index contributed by atoms with van der Waals surface area (Å²) >= 11 is 0. The van der Waals surface area contributed by atoms with Gasteiger partial charge in [0.05, 0.1) is 28.8 Å². The summed E-state index contributed by atoms with van der Waals surface area (Å²) in [6.07, 6.45) is 0.732. The number of rotatable bonds is 2. The molecular weight excluding hydrogens is 362 g/mol. The van der Waals surface area contributed by atoms with E-state index in [1.165, 1.54) is 11.0 Å². The molecule has 2 heterocycles. The smallest absolute Gasteiger partial charge is 0.277 e. The van der Waals surface area contributed by atoms with Gasteiger partial charge < -0.3 is 0 Å². The number of likely N-dealkylation sites (tertiary alicyclic amines) is 1. The van der Waals surface area contributed by atoms with Crippen LogP contribution < -0.4 is 5.01 Å². The van der Waals surface area contributed by atoms with Gasteiger partial charge in [-0.2, -0.15) is 5.11 Å². The summed E-state index contributed by atoms with van der Waals surface area (Å²) in [5.74, 6) is -1.08. The fraction of sp³-hybridized carbons (Fsp3) is 0.579. The number of nitro groups is 1. The molecule has 6 unspecified atom stereocenters. The van der Waals surface area contributed by atoms with E-state index in [0.29, 0.717) is 5.69 Å². The van der Waals surface area contributed by atoms with Gasteiger partial charge in [0.2, 0.25) is 11.8 Å². The maximum absolute atomic E-state index is 13.2. The highest BCUT2D eigenvalue weighted by molar-refractivity contribution is 6.07. The van der Waals surface area contributed by atoms with E-state index in [-0.39, 0.29) is 53.3 Å². The second kappa shape index (κ2) is 5.36. The summed E-state index contributed by atoms with van der Waals surface area (Å²) < 4.78 is 0. The zero-order chi connectivity index (χ0) is 20.0. The maximum atomic E-state index is 13.2. The van der Waals surface area contributed by atoms with Crippen molar-refractivity contribution in [2.24, 2.45) is 34.0 Å². The Balaban J connectivity index is 1.53. The molecule has 2 bridgehead atoms. The number of anilines is 1. The summed E-state index contributed by atoms with van der Waals surface area (Å²) in [7, 11) is 0. The molecule has 1 aromatic rings. The number of hydrogen-bond donors (Lipinski definition) is 0. The Labute approximate surface area is 161 Å². The molecule has 2 aliphatic carbocycles. The Hall–Kier alpha value is -2.84. The lowest BCUT2D eigenvalue weighted by Crippen LogP contribution is -2.47. The van der Waals surface area contributed by atoms with E-state index in [0.717, 1.165) is 6.42 Å². The number of nitro benzene ring substituents is 1. The number of nitrogens with zero attached hydrogens (tertiary/aromatic N) is 5. The number of benzene rings is 1. The third-order valence-corrected chi connectivity index (χ3v) is 6.65. The lowest BCUT2D eigenvalue weighted by Gasteiger charge is -2.33. The van der Waals surface area contributed by atoms with Crippen LogP contribution >= 0.6 is 0 Å². The Morgan fingerprint density at radius 3 is 2.39 bits per heavy atom. The van der Waals surface area contributed by atoms with Gasteiger partial charge in [0.15, 0.2) is 0 Å². The van der Waals surface area contributed by atoms with E-state index in [9.17, 15) is 19.7 Å². The second-order valence-corrected chi connectivity index (χ2v) is 9.07. The molecule has 0 N–H and O–H groups in total. The number of para-hydroxylation sites is 2. The fourth-order valence-corrected chi connectivity index (χ4v) is 5.77. The van der Waals surface area contributed by atoms with Gasteiger partial charge in [0.1, 0.15) is 5.69 Å². The molecule has 2 aliphatic heterocycles. The SMILES string of the molecule is CC(C)(C)N1C(=O)C2C3CC(C2C1=O)C1C3N=NN1c1ccccc1[N+](=O)[O-]. The Morgan fingerprint density at radius 1 is 1.11 bits per heavy atom. The topological polar surface area (TPSA) is 108 Å². The summed E-state index contributed by atoms with van der Waals surface area (Å²) in [6, 6.07) is 6.02. The molecule has 9 nitrogen and oxygen atoms in total. The van der Waals surface area contributed by atoms with Gasteiger partial charge in [-0.1, -0.05) is 17.4 Å². The number of imide groups is 1. The van der Waals surface area contributed by atoms with Crippen molar-refractivity contribution in [3.63, 3.8) is 0 Å². The first-order chi connectivity index (χ1) is 13.2. The molecule has 1 saturated heterocycles. The van der Waals surface area contributed by atoms with Crippen LogP contribution in [0.4, 0.5) is 11.4 Å². The quantitative estimate of drug-likeness (QED) is 0.443. The molecule has 9 heteroatoms. The van der Waals surface area contributed by atoms with Crippen LogP contribution in [-0.2, 0) is 9.59 Å². The molecule has 0 radical (unpaired) electrons. The molecule has 146 valence electrons. The van der Waals surface area contributed by atoms with Gasteiger partial charge in [0.25, 0.3) is 5.69 Å². The molecule has 0 aromatic heterocycles. The molecule has 1 aromatic carbocycles. The zero-order valence-electron chi connectivity index (χ0n) is 15.8. The summed E-state index contributed by atoms with van der Waals surface area (Å²) in [6.45, 7) is 5.60. The molecule has 2 saturated carbocycles. The molecule has 2 amide bonds. The van der Waals surface area contributed by atoms with Crippen molar-refractivity contribution in [1.82, 2.24) is 4.90 Å². The van der Waals surface area contributed by atoms with Crippen molar-refractivity contribution >= 4 is 23.2 Å². The van der Waals surface area contributed by atoms with Crippen LogP contribution in [0.3, 0.4) is 0 Å². The fourth-order valence-electron chi connectivity index (χ4n) is 5.77. The largest absolute Gasteiger partial charge is 0.294 e. The summed E-state index contributed by atoms with van der Waals surface area (Å²) in [5.41, 5.74) is -0.212. The van der Waals surface area contributed by atoms with Gasteiger partial charge in [-0.05, 0) is 45.1 Å². The molecule has 4 aliphatic rings. The molecule has 6 atom stereocenters. The lowest BCUT2D eigenvalue weighted by molar-refractivity contribution is -0.384. The first kappa shape index (κ1) is 17.3. The molecule has 3 fully saturated rings. The Bertz CT molecular complexity index is 938. The van der Waals surface area contributed by atoms with Crippen molar-refractivity contribution in [2.45, 2.75) is 44.8 Å². The third kappa shape index (κ3) is 2.01. The first-order valence-corrected chi connectivity index (χ1v) is 9.53. The van der Waals surface area contributed by atoms with E-state index in [1.807, 2.05) is 20.8 Å². The average Bonchev–Trinajstić information content (AvgIpc) is 3.34. The molecule has 0 spiro atoms. The van der Waals surface area contributed by atoms with E-state index >= 15 is 0 Å². The van der Waals surface area contributed by atoms with Crippen molar-refractivity contribution in [3.05, 3.63) is 34.4 Å². The maximum Gasteiger partial charge on any atom is 0.294 e. The van der Waals surface area contributed by atoms with Crippen molar-refractivity contribution in [2.75, 3.05) is 5.01 Å².